The van der Waals surface area contributed by atoms with E-state index in [0.29, 0.717) is 0 Å². The van der Waals surface area contributed by atoms with Gasteiger partial charge in [-0.3, -0.25) is 0 Å². The van der Waals surface area contributed by atoms with Crippen LogP contribution in [0.15, 0.2) is 48.5 Å². The van der Waals surface area contributed by atoms with Crippen LogP contribution in [0.1, 0.15) is 13.8 Å². The van der Waals surface area contributed by atoms with Crippen molar-refractivity contribution >= 4 is 64.4 Å². The molecule has 0 unspecified atom stereocenters. The van der Waals surface area contributed by atoms with Crippen molar-refractivity contribution in [2.24, 2.45) is 0 Å². The molecule has 0 saturated carbocycles. The van der Waals surface area contributed by atoms with Gasteiger partial charge < -0.3 is 9.47 Å². The number of benzene rings is 3. The molecule has 0 spiro atoms. The van der Waals surface area contributed by atoms with Crippen LogP contribution in [-0.4, -0.2) is 14.2 Å². The second-order valence-corrected chi connectivity index (χ2v) is 7.88. The molecule has 5 aromatic rings. The predicted octanol–water partition coefficient (Wildman–Crippen LogP) is 7.47. The van der Waals surface area contributed by atoms with Crippen LogP contribution < -0.4 is 9.47 Å². The molecule has 0 N–H and O–H groups in total. The number of hydrogen-bond donors (Lipinski definition) is 0. The summed E-state index contributed by atoms with van der Waals surface area (Å²) in [5.41, 5.74) is 0. The molecule has 2 nitrogen and oxygen atoms in total. The zero-order chi connectivity index (χ0) is 18.3. The maximum Gasteiger partial charge on any atom is 0.174 e. The van der Waals surface area contributed by atoms with Gasteiger partial charge in [-0.05, 0) is 45.8 Å². The summed E-state index contributed by atoms with van der Waals surface area (Å²) in [5.74, 6) is 0. The largest absolute Gasteiger partial charge is 0.487 e. The zero-order valence-corrected chi connectivity index (χ0v) is 16.9. The molecule has 3 aromatic carbocycles. The van der Waals surface area contributed by atoms with Gasteiger partial charge in [0, 0.05) is 32.3 Å². The minimum absolute atomic E-state index is 0.954. The lowest BCUT2D eigenvalue weighted by molar-refractivity contribution is 0.427. The second-order valence-electron chi connectivity index (χ2n) is 5.79. The van der Waals surface area contributed by atoms with Gasteiger partial charge in [0.25, 0.3) is 0 Å². The highest BCUT2D eigenvalue weighted by molar-refractivity contribution is 7.21. The molecule has 0 aliphatic carbocycles. The third kappa shape index (κ3) is 2.61. The van der Waals surface area contributed by atoms with Crippen molar-refractivity contribution < 1.29 is 9.47 Å². The van der Waals surface area contributed by atoms with Gasteiger partial charge in [0.1, 0.15) is 0 Å². The fourth-order valence-corrected chi connectivity index (χ4v) is 5.12. The fraction of sp³-hybridized carbons (Fsp3) is 0.182. The predicted molar refractivity (Wildman–Crippen MR) is 117 cm³/mol. The number of methoxy groups -OCH3 is 2. The van der Waals surface area contributed by atoms with Gasteiger partial charge >= 0.3 is 0 Å². The second kappa shape index (κ2) is 6.78. The number of rotatable bonds is 2. The SMILES string of the molecule is CC.COc1cc2c(ccc3cc4c(ccc5sc(OC)cc54)cc32)s1. The van der Waals surface area contributed by atoms with Gasteiger partial charge in [-0.15, -0.1) is 0 Å². The van der Waals surface area contributed by atoms with Crippen LogP contribution in [0.25, 0.3) is 41.7 Å². The first kappa shape index (κ1) is 17.1. The number of thiophene rings is 2. The Morgan fingerprint density at radius 2 is 1.00 bits per heavy atom. The summed E-state index contributed by atoms with van der Waals surface area (Å²) in [5, 5.41) is 9.51. The van der Waals surface area contributed by atoms with E-state index >= 15 is 0 Å². The average Bonchev–Trinajstić information content (AvgIpc) is 3.31. The van der Waals surface area contributed by atoms with Crippen molar-refractivity contribution in [1.82, 2.24) is 0 Å². The Bertz CT molecular complexity index is 1130. The molecule has 0 fully saturated rings. The Balaban J connectivity index is 0.000000814. The van der Waals surface area contributed by atoms with E-state index < -0.39 is 0 Å². The third-order valence-electron chi connectivity index (χ3n) is 4.51. The Hall–Kier alpha value is -2.30. The van der Waals surface area contributed by atoms with Crippen molar-refractivity contribution in [3.8, 4) is 10.1 Å². The third-order valence-corrected chi connectivity index (χ3v) is 6.63. The summed E-state index contributed by atoms with van der Waals surface area (Å²) in [6, 6.07) is 17.6. The van der Waals surface area contributed by atoms with Crippen LogP contribution in [0.3, 0.4) is 0 Å². The lowest BCUT2D eigenvalue weighted by Gasteiger charge is -2.05. The van der Waals surface area contributed by atoms with Crippen LogP contribution in [0, 0.1) is 0 Å². The highest BCUT2D eigenvalue weighted by Crippen LogP contribution is 2.40. The van der Waals surface area contributed by atoms with Gasteiger partial charge in [0.05, 0.1) is 14.2 Å². The van der Waals surface area contributed by atoms with Crippen LogP contribution in [0.2, 0.25) is 0 Å². The van der Waals surface area contributed by atoms with Crippen LogP contribution >= 0.6 is 22.7 Å². The summed E-state index contributed by atoms with van der Waals surface area (Å²) < 4.78 is 13.4. The number of hydrogen-bond acceptors (Lipinski definition) is 4. The molecule has 0 aliphatic heterocycles. The van der Waals surface area contributed by atoms with E-state index in [0.717, 1.165) is 10.1 Å². The molecule has 0 radical (unpaired) electrons. The van der Waals surface area contributed by atoms with Gasteiger partial charge in [-0.25, -0.2) is 0 Å². The highest BCUT2D eigenvalue weighted by atomic mass is 32.1. The van der Waals surface area contributed by atoms with E-state index in [1.54, 1.807) is 36.9 Å². The molecule has 0 amide bonds. The first-order valence-electron chi connectivity index (χ1n) is 8.67. The Labute approximate surface area is 160 Å². The molecule has 0 saturated heterocycles. The quantitative estimate of drug-likeness (QED) is 0.296. The van der Waals surface area contributed by atoms with Crippen LogP contribution in [0.5, 0.6) is 10.1 Å². The Morgan fingerprint density at radius 3 is 1.38 bits per heavy atom. The molecule has 132 valence electrons. The molecule has 26 heavy (non-hydrogen) atoms. The van der Waals surface area contributed by atoms with Crippen molar-refractivity contribution in [3.05, 3.63) is 48.5 Å². The van der Waals surface area contributed by atoms with E-state index in [1.807, 2.05) is 13.8 Å². The van der Waals surface area contributed by atoms with Crippen molar-refractivity contribution in [2.75, 3.05) is 14.2 Å². The maximum atomic E-state index is 5.41. The molecule has 5 rings (SSSR count). The summed E-state index contributed by atoms with van der Waals surface area (Å²) in [7, 11) is 3.45. The minimum Gasteiger partial charge on any atom is -0.487 e. The first-order valence-corrected chi connectivity index (χ1v) is 10.3. The maximum absolute atomic E-state index is 5.41. The van der Waals surface area contributed by atoms with E-state index in [2.05, 4.69) is 48.5 Å². The van der Waals surface area contributed by atoms with Crippen molar-refractivity contribution in [1.29, 1.82) is 0 Å². The van der Waals surface area contributed by atoms with E-state index in [9.17, 15) is 0 Å². The van der Waals surface area contributed by atoms with Gasteiger partial charge in [-0.2, -0.15) is 0 Å². The van der Waals surface area contributed by atoms with Gasteiger partial charge in [0.15, 0.2) is 10.1 Å². The van der Waals surface area contributed by atoms with E-state index in [-0.39, 0.29) is 0 Å². The van der Waals surface area contributed by atoms with Gasteiger partial charge in [-0.1, -0.05) is 48.7 Å². The first-order chi connectivity index (χ1) is 12.8. The molecule has 4 heteroatoms. The van der Waals surface area contributed by atoms with Crippen LogP contribution in [0.4, 0.5) is 0 Å². The lowest BCUT2D eigenvalue weighted by Crippen LogP contribution is -1.78. The van der Waals surface area contributed by atoms with E-state index in [4.69, 9.17) is 9.47 Å². The number of ether oxygens (including phenoxy) is 2. The minimum atomic E-state index is 0.954. The Morgan fingerprint density at radius 1 is 0.577 bits per heavy atom. The zero-order valence-electron chi connectivity index (χ0n) is 15.3. The highest BCUT2D eigenvalue weighted by Gasteiger charge is 2.10. The summed E-state index contributed by atoms with van der Waals surface area (Å²) in [6.45, 7) is 4.00. The van der Waals surface area contributed by atoms with Crippen molar-refractivity contribution in [2.45, 2.75) is 13.8 Å². The molecule has 0 aliphatic rings. The molecule has 2 aromatic heterocycles. The normalized spacial score (nSPS) is 11.1. The summed E-state index contributed by atoms with van der Waals surface area (Å²) in [6.07, 6.45) is 0. The smallest absolute Gasteiger partial charge is 0.174 e. The van der Waals surface area contributed by atoms with Gasteiger partial charge in [0.2, 0.25) is 0 Å². The lowest BCUT2D eigenvalue weighted by atomic mass is 9.99. The monoisotopic (exact) mass is 380 g/mol. The molecule has 2 heterocycles. The number of fused-ring (bicyclic) bond motifs is 6. The summed E-state index contributed by atoms with van der Waals surface area (Å²) in [4.78, 5) is 0. The standard InChI is InChI=1S/C20H14O2S2.C2H6/c1-21-19-9-15-13-7-12-4-6-18-16(10-20(22-2)24-18)14(12)8-11(13)3-5-17(15)23-19;1-2/h3-10H,1-2H3;1-2H3. The van der Waals surface area contributed by atoms with E-state index in [1.165, 1.54) is 41.7 Å². The Kier molecular flexibility index (Phi) is 4.47. The van der Waals surface area contributed by atoms with Crippen molar-refractivity contribution in [3.63, 3.8) is 0 Å². The topological polar surface area (TPSA) is 18.5 Å². The molecular weight excluding hydrogens is 360 g/mol. The molecular formula is C22H20O2S2. The molecule has 0 bridgehead atoms. The van der Waals surface area contributed by atoms with Crippen LogP contribution in [-0.2, 0) is 0 Å². The summed E-state index contributed by atoms with van der Waals surface area (Å²) >= 11 is 3.38. The molecule has 0 atom stereocenters. The average molecular weight is 381 g/mol. The fourth-order valence-electron chi connectivity index (χ4n) is 3.34.